The predicted octanol–water partition coefficient (Wildman–Crippen LogP) is 2.69. The molecule has 2 aromatic rings. The summed E-state index contributed by atoms with van der Waals surface area (Å²) in [5, 5.41) is 6.87. The molecule has 20 heavy (non-hydrogen) atoms. The van der Waals surface area contributed by atoms with Crippen LogP contribution in [-0.4, -0.2) is 27.2 Å². The maximum atomic E-state index is 11.9. The third-order valence-electron chi connectivity index (χ3n) is 2.99. The van der Waals surface area contributed by atoms with E-state index in [1.54, 1.807) is 29.3 Å². The molecule has 2 rings (SSSR count). The number of unbranched alkanes of at least 4 members (excludes halogenated alkanes) is 1. The van der Waals surface area contributed by atoms with Crippen LogP contribution in [0.25, 0.3) is 0 Å². The Morgan fingerprint density at radius 1 is 1.50 bits per heavy atom. The zero-order chi connectivity index (χ0) is 14.4. The second-order valence-electron chi connectivity index (χ2n) is 4.51. The number of nitrogens with zero attached hydrogens (tertiary/aromatic N) is 3. The number of hydrogen-bond acceptors (Lipinski definition) is 4. The molecule has 0 aliphatic heterocycles. The number of halogens is 1. The van der Waals surface area contributed by atoms with Crippen LogP contribution in [0.1, 0.15) is 30.7 Å². The van der Waals surface area contributed by atoms with Crippen molar-refractivity contribution in [3.8, 4) is 0 Å². The second-order valence-corrected chi connectivity index (χ2v) is 6.31. The van der Waals surface area contributed by atoms with Crippen LogP contribution in [0, 0.1) is 0 Å². The molecular weight excluding hydrogens is 296 g/mol. The van der Waals surface area contributed by atoms with E-state index in [1.165, 1.54) is 11.2 Å². The van der Waals surface area contributed by atoms with Crippen LogP contribution in [0.4, 0.5) is 0 Å². The Morgan fingerprint density at radius 3 is 3.00 bits per heavy atom. The lowest BCUT2D eigenvalue weighted by Crippen LogP contribution is -2.32. The molecule has 0 saturated carbocycles. The van der Waals surface area contributed by atoms with Gasteiger partial charge in [0, 0.05) is 11.4 Å². The molecule has 0 fully saturated rings. The Bertz CT molecular complexity index is 540. The van der Waals surface area contributed by atoms with Crippen LogP contribution in [0.5, 0.6) is 0 Å². The number of amides is 1. The van der Waals surface area contributed by atoms with E-state index in [4.69, 9.17) is 11.6 Å². The zero-order valence-corrected chi connectivity index (χ0v) is 12.8. The fourth-order valence-corrected chi connectivity index (χ4v) is 2.94. The van der Waals surface area contributed by atoms with Gasteiger partial charge >= 0.3 is 0 Å². The Balaban J connectivity index is 1.62. The number of nitrogens with one attached hydrogen (secondary N) is 1. The minimum atomic E-state index is -0.325. The van der Waals surface area contributed by atoms with E-state index in [0.29, 0.717) is 6.54 Å². The molecule has 0 aliphatic rings. The van der Waals surface area contributed by atoms with Crippen molar-refractivity contribution in [2.75, 3.05) is 6.54 Å². The van der Waals surface area contributed by atoms with Gasteiger partial charge in [-0.25, -0.2) is 9.67 Å². The van der Waals surface area contributed by atoms with Gasteiger partial charge in [-0.15, -0.1) is 11.3 Å². The molecule has 2 aromatic heterocycles. The van der Waals surface area contributed by atoms with E-state index in [-0.39, 0.29) is 11.9 Å². The van der Waals surface area contributed by atoms with Gasteiger partial charge in [-0.2, -0.15) is 5.10 Å². The Hall–Kier alpha value is -1.40. The van der Waals surface area contributed by atoms with Gasteiger partial charge in [-0.05, 0) is 38.3 Å². The van der Waals surface area contributed by atoms with E-state index < -0.39 is 0 Å². The summed E-state index contributed by atoms with van der Waals surface area (Å²) in [5.41, 5.74) is 0. The molecule has 0 bridgehead atoms. The number of carbonyl (C=O) groups excluding carboxylic acids is 1. The Kier molecular flexibility index (Phi) is 5.55. The number of hydrogen-bond donors (Lipinski definition) is 1. The van der Waals surface area contributed by atoms with E-state index in [2.05, 4.69) is 21.5 Å². The smallest absolute Gasteiger partial charge is 0.244 e. The highest BCUT2D eigenvalue weighted by Gasteiger charge is 2.14. The number of aromatic nitrogens is 3. The van der Waals surface area contributed by atoms with E-state index in [1.807, 2.05) is 6.07 Å². The highest BCUT2D eigenvalue weighted by Crippen LogP contribution is 2.22. The molecule has 7 heteroatoms. The van der Waals surface area contributed by atoms with E-state index >= 15 is 0 Å². The number of carbonyl (C=O) groups is 1. The minimum Gasteiger partial charge on any atom is -0.354 e. The quantitative estimate of drug-likeness (QED) is 0.800. The molecule has 5 nitrogen and oxygen atoms in total. The molecule has 0 unspecified atom stereocenters. The van der Waals surface area contributed by atoms with Crippen LogP contribution >= 0.6 is 22.9 Å². The van der Waals surface area contributed by atoms with Crippen molar-refractivity contribution in [3.63, 3.8) is 0 Å². The molecular formula is C13H17ClN4OS. The van der Waals surface area contributed by atoms with E-state index in [0.717, 1.165) is 23.6 Å². The highest BCUT2D eigenvalue weighted by atomic mass is 35.5. The van der Waals surface area contributed by atoms with Crippen LogP contribution < -0.4 is 5.32 Å². The van der Waals surface area contributed by atoms with E-state index in [9.17, 15) is 4.79 Å². The molecule has 1 atom stereocenters. The lowest BCUT2D eigenvalue weighted by Gasteiger charge is -2.11. The molecule has 108 valence electrons. The molecule has 1 N–H and O–H groups in total. The maximum Gasteiger partial charge on any atom is 0.244 e. The second kappa shape index (κ2) is 7.40. The summed E-state index contributed by atoms with van der Waals surface area (Å²) in [6, 6.07) is 3.65. The average Bonchev–Trinajstić information content (AvgIpc) is 3.08. The fourth-order valence-electron chi connectivity index (χ4n) is 1.81. The monoisotopic (exact) mass is 312 g/mol. The maximum absolute atomic E-state index is 11.9. The van der Waals surface area contributed by atoms with Crippen molar-refractivity contribution >= 4 is 28.8 Å². The van der Waals surface area contributed by atoms with Gasteiger partial charge in [0.2, 0.25) is 5.91 Å². The Morgan fingerprint density at radius 2 is 2.35 bits per heavy atom. The summed E-state index contributed by atoms with van der Waals surface area (Å²) in [6.45, 7) is 2.48. The van der Waals surface area contributed by atoms with Gasteiger partial charge in [0.25, 0.3) is 0 Å². The lowest BCUT2D eigenvalue weighted by molar-refractivity contribution is -0.124. The van der Waals surface area contributed by atoms with Crippen LogP contribution in [-0.2, 0) is 11.2 Å². The van der Waals surface area contributed by atoms with Crippen molar-refractivity contribution in [1.29, 1.82) is 0 Å². The molecule has 0 radical (unpaired) electrons. The first-order chi connectivity index (χ1) is 9.66. The first-order valence-corrected chi connectivity index (χ1v) is 7.72. The largest absolute Gasteiger partial charge is 0.354 e. The average molecular weight is 313 g/mol. The normalized spacial score (nSPS) is 12.3. The number of aryl methyl sites for hydroxylation is 1. The standard InChI is InChI=1S/C13H17ClN4OS/c1-10(18-9-15-8-17-18)13(19)16-7-3-2-4-11-5-6-12(14)20-11/h5-6,8-10H,2-4,7H2,1H3,(H,16,19)/t10-/m1/s1. The van der Waals surface area contributed by atoms with Gasteiger partial charge in [0.1, 0.15) is 18.7 Å². The van der Waals surface area contributed by atoms with Gasteiger partial charge in [-0.3, -0.25) is 4.79 Å². The minimum absolute atomic E-state index is 0.0327. The summed E-state index contributed by atoms with van der Waals surface area (Å²) >= 11 is 7.49. The van der Waals surface area contributed by atoms with Crippen molar-refractivity contribution in [3.05, 3.63) is 34.0 Å². The van der Waals surface area contributed by atoms with Crippen LogP contribution in [0.15, 0.2) is 24.8 Å². The summed E-state index contributed by atoms with van der Waals surface area (Å²) in [6.07, 6.45) is 5.97. The molecule has 0 aliphatic carbocycles. The van der Waals surface area contributed by atoms with Gasteiger partial charge in [0.15, 0.2) is 0 Å². The van der Waals surface area contributed by atoms with Crippen molar-refractivity contribution < 1.29 is 4.79 Å². The van der Waals surface area contributed by atoms with Crippen LogP contribution in [0.2, 0.25) is 4.34 Å². The van der Waals surface area contributed by atoms with Crippen molar-refractivity contribution in [1.82, 2.24) is 20.1 Å². The molecule has 0 spiro atoms. The number of rotatable bonds is 7. The van der Waals surface area contributed by atoms with Gasteiger partial charge in [0.05, 0.1) is 4.34 Å². The SMILES string of the molecule is C[C@H](C(=O)NCCCCc1ccc(Cl)s1)n1cncn1. The summed E-state index contributed by atoms with van der Waals surface area (Å²) in [4.78, 5) is 17.0. The molecule has 2 heterocycles. The van der Waals surface area contributed by atoms with Gasteiger partial charge < -0.3 is 5.32 Å². The summed E-state index contributed by atoms with van der Waals surface area (Å²) < 4.78 is 2.37. The summed E-state index contributed by atoms with van der Waals surface area (Å²) in [5.74, 6) is -0.0327. The highest BCUT2D eigenvalue weighted by molar-refractivity contribution is 7.16. The topological polar surface area (TPSA) is 59.8 Å². The first kappa shape index (κ1) is 15.0. The molecule has 1 amide bonds. The number of thiophene rings is 1. The summed E-state index contributed by atoms with van der Waals surface area (Å²) in [7, 11) is 0. The molecule has 0 saturated heterocycles. The Labute approximate surface area is 127 Å². The third-order valence-corrected chi connectivity index (χ3v) is 4.28. The van der Waals surface area contributed by atoms with Crippen LogP contribution in [0.3, 0.4) is 0 Å². The zero-order valence-electron chi connectivity index (χ0n) is 11.3. The van der Waals surface area contributed by atoms with Crippen molar-refractivity contribution in [2.24, 2.45) is 0 Å². The molecule has 0 aromatic carbocycles. The fraction of sp³-hybridized carbons (Fsp3) is 0.462. The van der Waals surface area contributed by atoms with Crippen molar-refractivity contribution in [2.45, 2.75) is 32.2 Å². The third kappa shape index (κ3) is 4.31. The van der Waals surface area contributed by atoms with Gasteiger partial charge in [-0.1, -0.05) is 11.6 Å². The lowest BCUT2D eigenvalue weighted by atomic mass is 10.2. The predicted molar refractivity (Wildman–Crippen MR) is 80.0 cm³/mol. The first-order valence-electron chi connectivity index (χ1n) is 6.53.